The fourth-order valence-corrected chi connectivity index (χ4v) is 1.99. The summed E-state index contributed by atoms with van der Waals surface area (Å²) in [7, 11) is 0. The summed E-state index contributed by atoms with van der Waals surface area (Å²) in [6.07, 6.45) is 1.09. The Bertz CT molecular complexity index is 374. The Morgan fingerprint density at radius 1 is 1.44 bits per heavy atom. The summed E-state index contributed by atoms with van der Waals surface area (Å²) in [4.78, 5) is 23.5. The molecule has 0 fully saturated rings. The molecule has 1 amide bonds. The van der Waals surface area contributed by atoms with Crippen molar-refractivity contribution in [3.05, 3.63) is 22.4 Å². The van der Waals surface area contributed by atoms with Crippen molar-refractivity contribution in [1.29, 1.82) is 0 Å². The van der Waals surface area contributed by atoms with Crippen LogP contribution in [0.4, 0.5) is 0 Å². The lowest BCUT2D eigenvalue weighted by Gasteiger charge is -2.07. The SMILES string of the molecule is CC(C)CC(=O)OCCCNC(=O)c1cccs1. The molecule has 0 bridgehead atoms. The van der Waals surface area contributed by atoms with Crippen LogP contribution in [0.1, 0.15) is 36.4 Å². The van der Waals surface area contributed by atoms with Crippen molar-refractivity contribution in [3.8, 4) is 0 Å². The Hall–Kier alpha value is -1.36. The van der Waals surface area contributed by atoms with Crippen LogP contribution in [0.15, 0.2) is 17.5 Å². The van der Waals surface area contributed by atoms with Crippen LogP contribution in [-0.4, -0.2) is 25.0 Å². The van der Waals surface area contributed by atoms with Gasteiger partial charge in [0.25, 0.3) is 5.91 Å². The molecule has 1 aromatic heterocycles. The zero-order valence-electron chi connectivity index (χ0n) is 10.8. The lowest BCUT2D eigenvalue weighted by atomic mass is 10.1. The number of nitrogens with one attached hydrogen (secondary N) is 1. The number of carbonyl (C=O) groups is 2. The highest BCUT2D eigenvalue weighted by molar-refractivity contribution is 7.12. The molecule has 18 heavy (non-hydrogen) atoms. The van der Waals surface area contributed by atoms with Gasteiger partial charge in [-0.15, -0.1) is 11.3 Å². The minimum atomic E-state index is -0.172. The summed E-state index contributed by atoms with van der Waals surface area (Å²) < 4.78 is 5.04. The van der Waals surface area contributed by atoms with Gasteiger partial charge in [-0.05, 0) is 23.8 Å². The zero-order valence-corrected chi connectivity index (χ0v) is 11.6. The summed E-state index contributed by atoms with van der Waals surface area (Å²) in [5.41, 5.74) is 0. The Morgan fingerprint density at radius 3 is 2.83 bits per heavy atom. The van der Waals surface area contributed by atoms with Gasteiger partial charge in [-0.3, -0.25) is 9.59 Å². The van der Waals surface area contributed by atoms with E-state index in [9.17, 15) is 9.59 Å². The first-order chi connectivity index (χ1) is 8.59. The molecule has 1 rings (SSSR count). The fourth-order valence-electron chi connectivity index (χ4n) is 1.35. The van der Waals surface area contributed by atoms with Crippen LogP contribution < -0.4 is 5.32 Å². The average Bonchev–Trinajstić information content (AvgIpc) is 2.80. The molecule has 100 valence electrons. The summed E-state index contributed by atoms with van der Waals surface area (Å²) in [5.74, 6) is 0.0733. The second-order valence-corrected chi connectivity index (χ2v) is 5.35. The summed E-state index contributed by atoms with van der Waals surface area (Å²) >= 11 is 1.41. The van der Waals surface area contributed by atoms with E-state index in [1.54, 1.807) is 6.07 Å². The molecule has 0 saturated carbocycles. The van der Waals surface area contributed by atoms with E-state index in [4.69, 9.17) is 4.74 Å². The number of esters is 1. The van der Waals surface area contributed by atoms with E-state index >= 15 is 0 Å². The Morgan fingerprint density at radius 2 is 2.22 bits per heavy atom. The summed E-state index contributed by atoms with van der Waals surface area (Å²) in [6, 6.07) is 3.62. The highest BCUT2D eigenvalue weighted by Gasteiger charge is 2.07. The van der Waals surface area contributed by atoms with Crippen LogP contribution in [0.5, 0.6) is 0 Å². The van der Waals surface area contributed by atoms with Crippen molar-refractivity contribution in [1.82, 2.24) is 5.32 Å². The van der Waals surface area contributed by atoms with Crippen LogP contribution in [0.3, 0.4) is 0 Å². The fraction of sp³-hybridized carbons (Fsp3) is 0.538. The minimum Gasteiger partial charge on any atom is -0.466 e. The van der Waals surface area contributed by atoms with E-state index in [0.717, 1.165) is 0 Å². The van der Waals surface area contributed by atoms with E-state index in [0.29, 0.717) is 36.8 Å². The predicted octanol–water partition coefficient (Wildman–Crippen LogP) is 2.46. The molecule has 0 aliphatic carbocycles. The molecule has 1 N–H and O–H groups in total. The van der Waals surface area contributed by atoms with Crippen molar-refractivity contribution in [3.63, 3.8) is 0 Å². The standard InChI is InChI=1S/C13H19NO3S/c1-10(2)9-12(15)17-7-4-6-14-13(16)11-5-3-8-18-11/h3,5,8,10H,4,6-7,9H2,1-2H3,(H,14,16). The second kappa shape index (κ2) is 7.87. The minimum absolute atomic E-state index is 0.0708. The van der Waals surface area contributed by atoms with Gasteiger partial charge in [-0.1, -0.05) is 19.9 Å². The van der Waals surface area contributed by atoms with Gasteiger partial charge in [0.2, 0.25) is 0 Å². The predicted molar refractivity (Wildman–Crippen MR) is 71.7 cm³/mol. The molecule has 0 aromatic carbocycles. The molecule has 0 saturated heterocycles. The number of amides is 1. The van der Waals surface area contributed by atoms with Crippen LogP contribution >= 0.6 is 11.3 Å². The molecular weight excluding hydrogens is 250 g/mol. The van der Waals surface area contributed by atoms with Crippen LogP contribution in [0.2, 0.25) is 0 Å². The van der Waals surface area contributed by atoms with E-state index < -0.39 is 0 Å². The highest BCUT2D eigenvalue weighted by Crippen LogP contribution is 2.07. The van der Waals surface area contributed by atoms with Crippen molar-refractivity contribution in [2.24, 2.45) is 5.92 Å². The van der Waals surface area contributed by atoms with Gasteiger partial charge < -0.3 is 10.1 Å². The Kier molecular flexibility index (Phi) is 6.43. The third kappa shape index (κ3) is 5.82. The molecule has 0 aliphatic rings. The van der Waals surface area contributed by atoms with Gasteiger partial charge in [0.15, 0.2) is 0 Å². The second-order valence-electron chi connectivity index (χ2n) is 4.41. The van der Waals surface area contributed by atoms with Crippen molar-refractivity contribution >= 4 is 23.2 Å². The molecule has 5 heteroatoms. The number of hydrogen-bond acceptors (Lipinski definition) is 4. The smallest absolute Gasteiger partial charge is 0.306 e. The van der Waals surface area contributed by atoms with E-state index in [-0.39, 0.29) is 11.9 Å². The molecule has 1 aromatic rings. The van der Waals surface area contributed by atoms with Crippen LogP contribution in [-0.2, 0) is 9.53 Å². The summed E-state index contributed by atoms with van der Waals surface area (Å²) in [6.45, 7) is 4.83. The molecule has 1 heterocycles. The molecule has 0 spiro atoms. The average molecular weight is 269 g/mol. The van der Waals surface area contributed by atoms with E-state index in [2.05, 4.69) is 5.32 Å². The van der Waals surface area contributed by atoms with Crippen molar-refractivity contribution in [2.75, 3.05) is 13.2 Å². The van der Waals surface area contributed by atoms with Gasteiger partial charge in [-0.25, -0.2) is 0 Å². The Balaban J connectivity index is 2.05. The molecule has 4 nitrogen and oxygen atoms in total. The monoisotopic (exact) mass is 269 g/mol. The maximum Gasteiger partial charge on any atom is 0.306 e. The third-order valence-electron chi connectivity index (χ3n) is 2.19. The van der Waals surface area contributed by atoms with Crippen LogP contribution in [0, 0.1) is 5.92 Å². The Labute approximate surface area is 111 Å². The van der Waals surface area contributed by atoms with Gasteiger partial charge in [0.1, 0.15) is 0 Å². The molecule has 0 radical (unpaired) electrons. The lowest BCUT2D eigenvalue weighted by molar-refractivity contribution is -0.144. The van der Waals surface area contributed by atoms with Gasteiger partial charge in [0.05, 0.1) is 11.5 Å². The molecule has 0 unspecified atom stereocenters. The zero-order chi connectivity index (χ0) is 13.4. The number of rotatable bonds is 7. The molecule has 0 atom stereocenters. The van der Waals surface area contributed by atoms with Crippen molar-refractivity contribution in [2.45, 2.75) is 26.7 Å². The maximum atomic E-state index is 11.5. The first kappa shape index (κ1) is 14.7. The first-order valence-corrected chi connectivity index (χ1v) is 6.95. The third-order valence-corrected chi connectivity index (χ3v) is 3.06. The topological polar surface area (TPSA) is 55.4 Å². The number of thiophene rings is 1. The molecular formula is C13H19NO3S. The van der Waals surface area contributed by atoms with E-state index in [1.165, 1.54) is 11.3 Å². The summed E-state index contributed by atoms with van der Waals surface area (Å²) in [5, 5.41) is 4.64. The normalized spacial score (nSPS) is 10.4. The highest BCUT2D eigenvalue weighted by atomic mass is 32.1. The number of carbonyl (C=O) groups excluding carboxylic acids is 2. The maximum absolute atomic E-state index is 11.5. The number of ether oxygens (including phenoxy) is 1. The van der Waals surface area contributed by atoms with E-state index in [1.807, 2.05) is 25.3 Å². The van der Waals surface area contributed by atoms with Gasteiger partial charge in [0, 0.05) is 13.0 Å². The quantitative estimate of drug-likeness (QED) is 0.611. The van der Waals surface area contributed by atoms with Crippen molar-refractivity contribution < 1.29 is 14.3 Å². The van der Waals surface area contributed by atoms with Gasteiger partial charge >= 0.3 is 5.97 Å². The molecule has 0 aliphatic heterocycles. The van der Waals surface area contributed by atoms with Gasteiger partial charge in [-0.2, -0.15) is 0 Å². The number of hydrogen-bond donors (Lipinski definition) is 1. The first-order valence-electron chi connectivity index (χ1n) is 6.07. The van der Waals surface area contributed by atoms with Crippen LogP contribution in [0.25, 0.3) is 0 Å². The lowest BCUT2D eigenvalue weighted by Crippen LogP contribution is -2.24. The largest absolute Gasteiger partial charge is 0.466 e.